The van der Waals surface area contributed by atoms with Crippen LogP contribution in [-0.4, -0.2) is 12.0 Å². The predicted octanol–water partition coefficient (Wildman–Crippen LogP) is 4.32. The standard InChI is InChI=1S/C11H16S.C2H6/c1-10-6-3-4-7-11(10)8-5-9-12-2;1-2/h3-4,6-7H,5,8-9H2,1-2H3;1-2H3. The number of aryl methyl sites for hydroxylation is 2. The van der Waals surface area contributed by atoms with Crippen molar-refractivity contribution < 1.29 is 0 Å². The molecule has 0 unspecified atom stereocenters. The molecule has 1 heteroatoms. The van der Waals surface area contributed by atoms with E-state index in [1.165, 1.54) is 29.7 Å². The quantitative estimate of drug-likeness (QED) is 0.667. The topological polar surface area (TPSA) is 0 Å². The Balaban J connectivity index is 0.000000791. The molecule has 0 aliphatic heterocycles. The maximum absolute atomic E-state index is 2.23. The molecular weight excluding hydrogens is 188 g/mol. The van der Waals surface area contributed by atoms with Gasteiger partial charge >= 0.3 is 0 Å². The van der Waals surface area contributed by atoms with Gasteiger partial charge in [-0.3, -0.25) is 0 Å². The van der Waals surface area contributed by atoms with E-state index < -0.39 is 0 Å². The molecule has 14 heavy (non-hydrogen) atoms. The molecule has 0 aliphatic carbocycles. The van der Waals surface area contributed by atoms with Crippen LogP contribution in [0.15, 0.2) is 24.3 Å². The van der Waals surface area contributed by atoms with E-state index in [4.69, 9.17) is 0 Å². The number of hydrogen-bond donors (Lipinski definition) is 0. The fourth-order valence-corrected chi connectivity index (χ4v) is 1.73. The van der Waals surface area contributed by atoms with Crippen molar-refractivity contribution >= 4 is 11.8 Å². The maximum Gasteiger partial charge on any atom is -0.00671 e. The monoisotopic (exact) mass is 210 g/mol. The van der Waals surface area contributed by atoms with Crippen LogP contribution >= 0.6 is 11.8 Å². The van der Waals surface area contributed by atoms with E-state index in [9.17, 15) is 0 Å². The molecule has 0 spiro atoms. The summed E-state index contributed by atoms with van der Waals surface area (Å²) in [5.74, 6) is 1.27. The molecule has 80 valence electrons. The van der Waals surface area contributed by atoms with Crippen molar-refractivity contribution in [1.82, 2.24) is 0 Å². The summed E-state index contributed by atoms with van der Waals surface area (Å²) in [7, 11) is 0. The zero-order valence-corrected chi connectivity index (χ0v) is 10.7. The molecule has 0 nitrogen and oxygen atoms in total. The van der Waals surface area contributed by atoms with E-state index in [2.05, 4.69) is 37.4 Å². The SMILES string of the molecule is CC.CSCCCc1ccccc1C. The summed E-state index contributed by atoms with van der Waals surface area (Å²) in [6.07, 6.45) is 4.69. The van der Waals surface area contributed by atoms with Gasteiger partial charge in [-0.25, -0.2) is 0 Å². The maximum atomic E-state index is 2.23. The van der Waals surface area contributed by atoms with Gasteiger partial charge in [0.25, 0.3) is 0 Å². The molecule has 1 rings (SSSR count). The largest absolute Gasteiger partial charge is 0.165 e. The third-order valence-electron chi connectivity index (χ3n) is 2.06. The molecule has 0 saturated carbocycles. The second kappa shape index (κ2) is 9.14. The molecule has 0 fully saturated rings. The van der Waals surface area contributed by atoms with Crippen LogP contribution in [0.25, 0.3) is 0 Å². The molecular formula is C13H22S. The molecule has 0 heterocycles. The molecule has 1 aromatic rings. The van der Waals surface area contributed by atoms with Gasteiger partial charge in [-0.05, 0) is 42.9 Å². The molecule has 0 amide bonds. The van der Waals surface area contributed by atoms with Crippen LogP contribution in [0.4, 0.5) is 0 Å². The zero-order valence-electron chi connectivity index (χ0n) is 9.84. The van der Waals surface area contributed by atoms with Crippen LogP contribution in [0, 0.1) is 6.92 Å². The van der Waals surface area contributed by atoms with E-state index >= 15 is 0 Å². The molecule has 0 atom stereocenters. The lowest BCUT2D eigenvalue weighted by Gasteiger charge is -2.03. The first-order valence-corrected chi connectivity index (χ1v) is 6.77. The predicted molar refractivity (Wildman–Crippen MR) is 69.2 cm³/mol. The molecule has 0 saturated heterocycles. The van der Waals surface area contributed by atoms with Crippen LogP contribution in [0.5, 0.6) is 0 Å². The van der Waals surface area contributed by atoms with Crippen molar-refractivity contribution in [2.24, 2.45) is 0 Å². The van der Waals surface area contributed by atoms with Gasteiger partial charge in [0.05, 0.1) is 0 Å². The third kappa shape index (κ3) is 5.33. The van der Waals surface area contributed by atoms with Crippen molar-refractivity contribution in [2.75, 3.05) is 12.0 Å². The van der Waals surface area contributed by atoms with Gasteiger partial charge < -0.3 is 0 Å². The van der Waals surface area contributed by atoms with Gasteiger partial charge in [0.1, 0.15) is 0 Å². The van der Waals surface area contributed by atoms with E-state index in [1.54, 1.807) is 0 Å². The zero-order chi connectivity index (χ0) is 10.8. The molecule has 0 N–H and O–H groups in total. The smallest absolute Gasteiger partial charge is 0.00671 e. The Bertz CT molecular complexity index is 230. The first-order chi connectivity index (χ1) is 6.84. The summed E-state index contributed by atoms with van der Waals surface area (Å²) < 4.78 is 0. The van der Waals surface area contributed by atoms with Gasteiger partial charge in [0, 0.05) is 0 Å². The summed E-state index contributed by atoms with van der Waals surface area (Å²) in [4.78, 5) is 0. The van der Waals surface area contributed by atoms with Crippen molar-refractivity contribution in [1.29, 1.82) is 0 Å². The lowest BCUT2D eigenvalue weighted by atomic mass is 10.1. The molecule has 0 radical (unpaired) electrons. The number of benzene rings is 1. The van der Waals surface area contributed by atoms with Crippen LogP contribution in [0.1, 0.15) is 31.4 Å². The lowest BCUT2D eigenvalue weighted by molar-refractivity contribution is 0.925. The summed E-state index contributed by atoms with van der Waals surface area (Å²) in [6, 6.07) is 8.65. The Morgan fingerprint density at radius 3 is 2.36 bits per heavy atom. The van der Waals surface area contributed by atoms with Crippen LogP contribution in [0.2, 0.25) is 0 Å². The Kier molecular flexibility index (Phi) is 8.86. The fourth-order valence-electron chi connectivity index (χ4n) is 1.30. The Hall–Kier alpha value is -0.430. The second-order valence-electron chi connectivity index (χ2n) is 3.02. The van der Waals surface area contributed by atoms with E-state index in [0.29, 0.717) is 0 Å². The normalized spacial score (nSPS) is 9.14. The minimum absolute atomic E-state index is 1.23. The molecule has 1 aromatic carbocycles. The number of thioether (sulfide) groups is 1. The third-order valence-corrected chi connectivity index (χ3v) is 2.75. The first-order valence-electron chi connectivity index (χ1n) is 5.38. The highest BCUT2D eigenvalue weighted by atomic mass is 32.2. The van der Waals surface area contributed by atoms with Gasteiger partial charge in [-0.15, -0.1) is 0 Å². The molecule has 0 aliphatic rings. The fraction of sp³-hybridized carbons (Fsp3) is 0.538. The van der Waals surface area contributed by atoms with Crippen molar-refractivity contribution in [2.45, 2.75) is 33.6 Å². The van der Waals surface area contributed by atoms with Gasteiger partial charge in [-0.2, -0.15) is 11.8 Å². The van der Waals surface area contributed by atoms with Gasteiger partial charge in [0.2, 0.25) is 0 Å². The van der Waals surface area contributed by atoms with Gasteiger partial charge in [0.15, 0.2) is 0 Å². The number of rotatable bonds is 4. The first kappa shape index (κ1) is 13.6. The van der Waals surface area contributed by atoms with Crippen LogP contribution in [-0.2, 0) is 6.42 Å². The molecule has 0 aromatic heterocycles. The van der Waals surface area contributed by atoms with E-state index in [0.717, 1.165) is 0 Å². The Morgan fingerprint density at radius 2 is 1.79 bits per heavy atom. The van der Waals surface area contributed by atoms with E-state index in [1.807, 2.05) is 25.6 Å². The highest BCUT2D eigenvalue weighted by molar-refractivity contribution is 7.98. The second-order valence-corrected chi connectivity index (χ2v) is 4.01. The van der Waals surface area contributed by atoms with Gasteiger partial charge in [-0.1, -0.05) is 38.1 Å². The van der Waals surface area contributed by atoms with Crippen LogP contribution < -0.4 is 0 Å². The minimum atomic E-state index is 1.23. The highest BCUT2D eigenvalue weighted by Gasteiger charge is 1.95. The van der Waals surface area contributed by atoms with Crippen molar-refractivity contribution in [3.05, 3.63) is 35.4 Å². The highest BCUT2D eigenvalue weighted by Crippen LogP contribution is 2.10. The average molecular weight is 210 g/mol. The Labute approximate surface area is 93.1 Å². The molecule has 0 bridgehead atoms. The van der Waals surface area contributed by atoms with Crippen LogP contribution in [0.3, 0.4) is 0 Å². The lowest BCUT2D eigenvalue weighted by Crippen LogP contribution is -1.90. The van der Waals surface area contributed by atoms with Crippen molar-refractivity contribution in [3.8, 4) is 0 Å². The minimum Gasteiger partial charge on any atom is -0.165 e. The summed E-state index contributed by atoms with van der Waals surface area (Å²) in [5.41, 5.74) is 2.94. The summed E-state index contributed by atoms with van der Waals surface area (Å²) in [5, 5.41) is 0. The number of hydrogen-bond acceptors (Lipinski definition) is 1. The van der Waals surface area contributed by atoms with Crippen molar-refractivity contribution in [3.63, 3.8) is 0 Å². The summed E-state index contributed by atoms with van der Waals surface area (Å²) in [6.45, 7) is 6.19. The Morgan fingerprint density at radius 1 is 1.14 bits per heavy atom. The summed E-state index contributed by atoms with van der Waals surface area (Å²) >= 11 is 1.93. The average Bonchev–Trinajstić information content (AvgIpc) is 2.24. The van der Waals surface area contributed by atoms with E-state index in [-0.39, 0.29) is 0 Å².